The van der Waals surface area contributed by atoms with Gasteiger partial charge in [-0.15, -0.1) is 22.7 Å². The molecule has 0 unspecified atom stereocenters. The topological polar surface area (TPSA) is 51.2 Å². The summed E-state index contributed by atoms with van der Waals surface area (Å²) in [7, 11) is 1.66. The summed E-state index contributed by atoms with van der Waals surface area (Å²) in [5.74, 6) is -0.0839. The number of ether oxygens (including phenoxy) is 1. The Kier molecular flexibility index (Phi) is 4.62. The number of hydrogen-bond acceptors (Lipinski definition) is 5. The molecule has 6 heteroatoms. The van der Waals surface area contributed by atoms with E-state index in [-0.39, 0.29) is 5.91 Å². The van der Waals surface area contributed by atoms with Crippen LogP contribution in [0.25, 0.3) is 10.6 Å². The molecule has 0 aliphatic heterocycles. The predicted molar refractivity (Wildman–Crippen MR) is 90.5 cm³/mol. The summed E-state index contributed by atoms with van der Waals surface area (Å²) < 4.78 is 5.07. The van der Waals surface area contributed by atoms with E-state index in [0.717, 1.165) is 22.0 Å². The molecule has 0 aliphatic carbocycles. The fourth-order valence-corrected chi connectivity index (χ4v) is 3.38. The lowest BCUT2D eigenvalue weighted by Crippen LogP contribution is -2.09. The Morgan fingerprint density at radius 1 is 1.23 bits per heavy atom. The molecule has 1 aromatic carbocycles. The summed E-state index contributed by atoms with van der Waals surface area (Å²) in [4.78, 5) is 17.2. The van der Waals surface area contributed by atoms with Crippen molar-refractivity contribution < 1.29 is 9.53 Å². The number of nitrogens with one attached hydrogen (secondary N) is 1. The Balaban J connectivity index is 1.70. The van der Waals surface area contributed by atoms with Crippen LogP contribution in [-0.4, -0.2) is 18.0 Å². The van der Waals surface area contributed by atoms with Crippen LogP contribution in [0.3, 0.4) is 0 Å². The van der Waals surface area contributed by atoms with E-state index in [4.69, 9.17) is 4.74 Å². The maximum absolute atomic E-state index is 12.0. The molecule has 0 aliphatic rings. The van der Waals surface area contributed by atoms with Crippen LogP contribution in [0.1, 0.15) is 15.4 Å². The first-order chi connectivity index (χ1) is 10.8. The molecule has 4 nitrogen and oxygen atoms in total. The fourth-order valence-electron chi connectivity index (χ4n) is 1.95. The van der Waals surface area contributed by atoms with Crippen LogP contribution in [0.4, 0.5) is 5.69 Å². The Bertz CT molecular complexity index is 749. The van der Waals surface area contributed by atoms with Crippen molar-refractivity contribution in [1.82, 2.24) is 4.98 Å². The lowest BCUT2D eigenvalue weighted by molar-refractivity contribution is 0.103. The summed E-state index contributed by atoms with van der Waals surface area (Å²) in [5, 5.41) is 7.71. The normalized spacial score (nSPS) is 10.6. The van der Waals surface area contributed by atoms with Gasteiger partial charge in [0, 0.05) is 23.7 Å². The second-order valence-corrected chi connectivity index (χ2v) is 6.39. The molecule has 22 heavy (non-hydrogen) atoms. The zero-order valence-corrected chi connectivity index (χ0v) is 13.5. The molecule has 0 fully saturated rings. The highest BCUT2D eigenvalue weighted by Crippen LogP contribution is 2.25. The minimum Gasteiger partial charge on any atom is -0.378 e. The van der Waals surface area contributed by atoms with E-state index in [0.29, 0.717) is 11.5 Å². The van der Waals surface area contributed by atoms with E-state index >= 15 is 0 Å². The van der Waals surface area contributed by atoms with Crippen molar-refractivity contribution in [2.24, 2.45) is 0 Å². The van der Waals surface area contributed by atoms with Crippen molar-refractivity contribution >= 4 is 34.3 Å². The molecule has 0 radical (unpaired) electrons. The number of anilines is 1. The van der Waals surface area contributed by atoms with Crippen LogP contribution >= 0.6 is 22.7 Å². The fraction of sp³-hybridized carbons (Fsp3) is 0.125. The first-order valence-corrected chi connectivity index (χ1v) is 8.41. The van der Waals surface area contributed by atoms with Gasteiger partial charge in [0.15, 0.2) is 0 Å². The number of thiazole rings is 1. The standard InChI is InChI=1S/C16H14N2O2S2/c1-20-9-13-10-22-16(18-13)11-4-6-12(7-5-11)17-15(19)14-3-2-8-21-14/h2-8,10H,9H2,1H3,(H,17,19). The third-order valence-electron chi connectivity index (χ3n) is 2.98. The number of thiophene rings is 1. The van der Waals surface area contributed by atoms with Crippen LogP contribution < -0.4 is 5.32 Å². The van der Waals surface area contributed by atoms with Crippen LogP contribution in [0.5, 0.6) is 0 Å². The van der Waals surface area contributed by atoms with Crippen molar-refractivity contribution in [3.63, 3.8) is 0 Å². The second-order valence-electron chi connectivity index (χ2n) is 4.59. The number of carbonyl (C=O) groups is 1. The quantitative estimate of drug-likeness (QED) is 0.760. The summed E-state index contributed by atoms with van der Waals surface area (Å²) in [6.07, 6.45) is 0. The van der Waals surface area contributed by atoms with Gasteiger partial charge in [0.05, 0.1) is 17.2 Å². The van der Waals surface area contributed by atoms with Gasteiger partial charge < -0.3 is 10.1 Å². The van der Waals surface area contributed by atoms with E-state index < -0.39 is 0 Å². The van der Waals surface area contributed by atoms with Gasteiger partial charge in [-0.05, 0) is 35.7 Å². The molecule has 0 bridgehead atoms. The van der Waals surface area contributed by atoms with Crippen LogP contribution in [0, 0.1) is 0 Å². The average molecular weight is 330 g/mol. The third kappa shape index (κ3) is 3.41. The summed E-state index contributed by atoms with van der Waals surface area (Å²) in [6.45, 7) is 0.519. The van der Waals surface area contributed by atoms with Crippen molar-refractivity contribution in [2.45, 2.75) is 6.61 Å². The third-order valence-corrected chi connectivity index (χ3v) is 4.79. The summed E-state index contributed by atoms with van der Waals surface area (Å²) >= 11 is 3.01. The SMILES string of the molecule is COCc1csc(-c2ccc(NC(=O)c3cccs3)cc2)n1. The van der Waals surface area contributed by atoms with Gasteiger partial charge >= 0.3 is 0 Å². The van der Waals surface area contributed by atoms with Crippen LogP contribution in [0.15, 0.2) is 47.2 Å². The van der Waals surface area contributed by atoms with E-state index in [2.05, 4.69) is 10.3 Å². The smallest absolute Gasteiger partial charge is 0.265 e. The average Bonchev–Trinajstić information content (AvgIpc) is 3.20. The summed E-state index contributed by atoms with van der Waals surface area (Å²) in [5.41, 5.74) is 2.73. The number of aromatic nitrogens is 1. The molecule has 0 atom stereocenters. The van der Waals surface area contributed by atoms with Crippen LogP contribution in [-0.2, 0) is 11.3 Å². The van der Waals surface area contributed by atoms with Crippen LogP contribution in [0.2, 0.25) is 0 Å². The van der Waals surface area contributed by atoms with E-state index in [1.807, 2.05) is 41.1 Å². The first kappa shape index (κ1) is 14.9. The Hall–Kier alpha value is -2.02. The van der Waals surface area contributed by atoms with Gasteiger partial charge in [-0.1, -0.05) is 6.07 Å². The van der Waals surface area contributed by atoms with E-state index in [9.17, 15) is 4.79 Å². The number of benzene rings is 1. The molecular weight excluding hydrogens is 316 g/mol. The van der Waals surface area contributed by atoms with Gasteiger partial charge in [-0.25, -0.2) is 4.98 Å². The monoisotopic (exact) mass is 330 g/mol. The Morgan fingerprint density at radius 2 is 2.05 bits per heavy atom. The maximum Gasteiger partial charge on any atom is 0.265 e. The molecule has 0 saturated heterocycles. The molecule has 2 aromatic heterocycles. The molecule has 1 N–H and O–H groups in total. The van der Waals surface area contributed by atoms with Gasteiger partial charge in [-0.2, -0.15) is 0 Å². The van der Waals surface area contributed by atoms with Gasteiger partial charge in [0.2, 0.25) is 0 Å². The van der Waals surface area contributed by atoms with Crippen molar-refractivity contribution in [3.05, 3.63) is 57.7 Å². The molecule has 112 valence electrons. The first-order valence-electron chi connectivity index (χ1n) is 6.65. The second kappa shape index (κ2) is 6.83. The molecule has 0 spiro atoms. The minimum atomic E-state index is -0.0839. The molecule has 2 heterocycles. The van der Waals surface area contributed by atoms with Gasteiger partial charge in [0.1, 0.15) is 5.01 Å². The number of nitrogens with zero attached hydrogens (tertiary/aromatic N) is 1. The molecule has 3 rings (SSSR count). The Morgan fingerprint density at radius 3 is 2.73 bits per heavy atom. The summed E-state index contributed by atoms with van der Waals surface area (Å²) in [6, 6.07) is 11.4. The lowest BCUT2D eigenvalue weighted by Gasteiger charge is -2.04. The highest BCUT2D eigenvalue weighted by molar-refractivity contribution is 7.13. The largest absolute Gasteiger partial charge is 0.378 e. The van der Waals surface area contributed by atoms with Crippen molar-refractivity contribution in [3.8, 4) is 10.6 Å². The van der Waals surface area contributed by atoms with Gasteiger partial charge in [0.25, 0.3) is 5.91 Å². The highest BCUT2D eigenvalue weighted by Gasteiger charge is 2.08. The molecule has 3 aromatic rings. The minimum absolute atomic E-state index is 0.0839. The lowest BCUT2D eigenvalue weighted by atomic mass is 10.2. The highest BCUT2D eigenvalue weighted by atomic mass is 32.1. The Labute approximate surface area is 136 Å². The van der Waals surface area contributed by atoms with E-state index in [1.165, 1.54) is 11.3 Å². The number of carbonyl (C=O) groups excluding carboxylic acids is 1. The predicted octanol–water partition coefficient (Wildman–Crippen LogP) is 4.27. The number of rotatable bonds is 5. The zero-order valence-electron chi connectivity index (χ0n) is 11.9. The molecule has 1 amide bonds. The number of hydrogen-bond donors (Lipinski definition) is 1. The number of methoxy groups -OCH3 is 1. The molecule has 0 saturated carbocycles. The van der Waals surface area contributed by atoms with Crippen molar-refractivity contribution in [1.29, 1.82) is 0 Å². The number of amides is 1. The van der Waals surface area contributed by atoms with Crippen molar-refractivity contribution in [2.75, 3.05) is 12.4 Å². The zero-order chi connectivity index (χ0) is 15.4. The maximum atomic E-state index is 12.0. The van der Waals surface area contributed by atoms with E-state index in [1.54, 1.807) is 24.5 Å². The van der Waals surface area contributed by atoms with Gasteiger partial charge in [-0.3, -0.25) is 4.79 Å². The molecular formula is C16H14N2O2S2.